The molecule has 140 valence electrons. The number of carbonyl (C=O) groups excluding carboxylic acids is 1. The average Bonchev–Trinajstić information content (AvgIpc) is 3.14. The highest BCUT2D eigenvalue weighted by molar-refractivity contribution is 5.94. The maximum absolute atomic E-state index is 12.9. The van der Waals surface area contributed by atoms with E-state index in [0.717, 1.165) is 16.7 Å². The van der Waals surface area contributed by atoms with Crippen molar-refractivity contribution in [3.63, 3.8) is 0 Å². The molecule has 0 fully saturated rings. The molecule has 3 aromatic carbocycles. The van der Waals surface area contributed by atoms with E-state index in [1.165, 1.54) is 24.3 Å². The van der Waals surface area contributed by atoms with E-state index in [-0.39, 0.29) is 11.7 Å². The summed E-state index contributed by atoms with van der Waals surface area (Å²) < 4.78 is 24.2. The van der Waals surface area contributed by atoms with Gasteiger partial charge in [-0.3, -0.25) is 4.79 Å². The first-order valence-corrected chi connectivity index (χ1v) is 8.77. The van der Waals surface area contributed by atoms with Crippen LogP contribution in [0.2, 0.25) is 0 Å². The molecule has 0 aliphatic carbocycles. The first-order valence-electron chi connectivity index (χ1n) is 8.77. The van der Waals surface area contributed by atoms with E-state index >= 15 is 0 Å². The maximum Gasteiger partial charge on any atom is 0.265 e. The lowest BCUT2D eigenvalue weighted by molar-refractivity contribution is -0.122. The second kappa shape index (κ2) is 7.52. The molecule has 0 bridgehead atoms. The maximum atomic E-state index is 12.9. The van der Waals surface area contributed by atoms with E-state index in [0.29, 0.717) is 17.3 Å². The van der Waals surface area contributed by atoms with Gasteiger partial charge in [-0.05, 0) is 67.6 Å². The van der Waals surface area contributed by atoms with Gasteiger partial charge in [0.05, 0.1) is 0 Å². The minimum Gasteiger partial charge on any atom is -0.481 e. The molecule has 0 unspecified atom stereocenters. The average molecular weight is 376 g/mol. The molecule has 28 heavy (non-hydrogen) atoms. The Kier molecular flexibility index (Phi) is 4.76. The Bertz CT molecular complexity index is 1070. The largest absolute Gasteiger partial charge is 0.481 e. The number of amides is 1. The van der Waals surface area contributed by atoms with Gasteiger partial charge in [-0.25, -0.2) is 9.37 Å². The summed E-state index contributed by atoms with van der Waals surface area (Å²) in [5.41, 5.74) is 2.95. The summed E-state index contributed by atoms with van der Waals surface area (Å²) in [6.07, 6.45) is -0.734. The van der Waals surface area contributed by atoms with Crippen LogP contribution in [0.5, 0.6) is 5.75 Å². The van der Waals surface area contributed by atoms with E-state index < -0.39 is 6.10 Å². The van der Waals surface area contributed by atoms with Crippen LogP contribution in [0.4, 0.5) is 10.1 Å². The van der Waals surface area contributed by atoms with Crippen LogP contribution in [0, 0.1) is 5.82 Å². The highest BCUT2D eigenvalue weighted by Gasteiger charge is 2.15. The third-order valence-electron chi connectivity index (χ3n) is 4.19. The summed E-state index contributed by atoms with van der Waals surface area (Å²) in [7, 11) is 0. The van der Waals surface area contributed by atoms with Gasteiger partial charge >= 0.3 is 0 Å². The first-order chi connectivity index (χ1) is 13.6. The molecule has 0 radical (unpaired) electrons. The van der Waals surface area contributed by atoms with Gasteiger partial charge in [-0.15, -0.1) is 0 Å². The van der Waals surface area contributed by atoms with Crippen LogP contribution in [0.1, 0.15) is 6.92 Å². The van der Waals surface area contributed by atoms with E-state index in [9.17, 15) is 9.18 Å². The number of benzene rings is 3. The molecule has 6 heteroatoms. The molecule has 0 aliphatic heterocycles. The zero-order chi connectivity index (χ0) is 19.5. The highest BCUT2D eigenvalue weighted by Crippen LogP contribution is 2.25. The Labute approximate surface area is 160 Å². The zero-order valence-corrected chi connectivity index (χ0v) is 15.1. The van der Waals surface area contributed by atoms with Gasteiger partial charge in [0.1, 0.15) is 17.1 Å². The Morgan fingerprint density at radius 1 is 1.04 bits per heavy atom. The molecular formula is C22H17FN2O3. The highest BCUT2D eigenvalue weighted by atomic mass is 19.1. The fourth-order valence-corrected chi connectivity index (χ4v) is 2.71. The number of aromatic nitrogens is 1. The number of hydrogen-bond donors (Lipinski definition) is 1. The SMILES string of the molecule is C[C@@H](Oc1ccc(F)cc1)C(=O)Nc1ccc(-c2nc3ccccc3o2)cc1. The quantitative estimate of drug-likeness (QED) is 0.530. The third-order valence-corrected chi connectivity index (χ3v) is 4.19. The number of anilines is 1. The van der Waals surface area contributed by atoms with E-state index in [2.05, 4.69) is 10.3 Å². The van der Waals surface area contributed by atoms with Gasteiger partial charge in [0.2, 0.25) is 5.89 Å². The predicted octanol–water partition coefficient (Wildman–Crippen LogP) is 5.04. The number of rotatable bonds is 5. The van der Waals surface area contributed by atoms with Crippen LogP contribution < -0.4 is 10.1 Å². The van der Waals surface area contributed by atoms with Crippen molar-refractivity contribution in [1.29, 1.82) is 0 Å². The molecular weight excluding hydrogens is 359 g/mol. The fourth-order valence-electron chi connectivity index (χ4n) is 2.71. The minimum absolute atomic E-state index is 0.307. The summed E-state index contributed by atoms with van der Waals surface area (Å²) in [5, 5.41) is 2.79. The Hall–Kier alpha value is -3.67. The van der Waals surface area contributed by atoms with Crippen molar-refractivity contribution in [3.8, 4) is 17.2 Å². The molecule has 1 heterocycles. The van der Waals surface area contributed by atoms with Crippen molar-refractivity contribution >= 4 is 22.7 Å². The lowest BCUT2D eigenvalue weighted by Crippen LogP contribution is -2.30. The Balaban J connectivity index is 1.42. The number of fused-ring (bicyclic) bond motifs is 1. The van der Waals surface area contributed by atoms with Crippen LogP contribution in [0.15, 0.2) is 77.2 Å². The van der Waals surface area contributed by atoms with Crippen molar-refractivity contribution in [3.05, 3.63) is 78.6 Å². The van der Waals surface area contributed by atoms with Crippen LogP contribution in [-0.4, -0.2) is 17.0 Å². The second-order valence-corrected chi connectivity index (χ2v) is 6.27. The Morgan fingerprint density at radius 3 is 2.46 bits per heavy atom. The molecule has 0 aliphatic rings. The van der Waals surface area contributed by atoms with E-state index in [1.54, 1.807) is 19.1 Å². The molecule has 1 N–H and O–H groups in total. The summed E-state index contributed by atoms with van der Waals surface area (Å²) in [6.45, 7) is 1.63. The van der Waals surface area contributed by atoms with Gasteiger partial charge in [-0.1, -0.05) is 12.1 Å². The number of nitrogens with zero attached hydrogens (tertiary/aromatic N) is 1. The lowest BCUT2D eigenvalue weighted by atomic mass is 10.2. The molecule has 1 aromatic heterocycles. The smallest absolute Gasteiger partial charge is 0.265 e. The topological polar surface area (TPSA) is 64.4 Å². The minimum atomic E-state index is -0.734. The summed E-state index contributed by atoms with van der Waals surface area (Å²) in [4.78, 5) is 16.8. The van der Waals surface area contributed by atoms with Crippen molar-refractivity contribution in [2.45, 2.75) is 13.0 Å². The molecule has 1 amide bonds. The molecule has 4 aromatic rings. The lowest BCUT2D eigenvalue weighted by Gasteiger charge is -2.14. The van der Waals surface area contributed by atoms with Crippen LogP contribution in [-0.2, 0) is 4.79 Å². The first kappa shape index (κ1) is 17.7. The van der Waals surface area contributed by atoms with Crippen LogP contribution >= 0.6 is 0 Å². The predicted molar refractivity (Wildman–Crippen MR) is 105 cm³/mol. The normalized spacial score (nSPS) is 11.9. The molecule has 0 saturated carbocycles. The molecule has 5 nitrogen and oxygen atoms in total. The monoisotopic (exact) mass is 376 g/mol. The number of nitrogens with one attached hydrogen (secondary N) is 1. The second-order valence-electron chi connectivity index (χ2n) is 6.27. The summed E-state index contributed by atoms with van der Waals surface area (Å²) in [6, 6.07) is 20.3. The zero-order valence-electron chi connectivity index (χ0n) is 15.1. The number of oxazole rings is 1. The van der Waals surface area contributed by atoms with E-state index in [1.807, 2.05) is 36.4 Å². The molecule has 0 spiro atoms. The molecule has 1 atom stereocenters. The summed E-state index contributed by atoms with van der Waals surface area (Å²) in [5.74, 6) is 0.282. The van der Waals surface area contributed by atoms with Crippen molar-refractivity contribution < 1.29 is 18.3 Å². The van der Waals surface area contributed by atoms with Gasteiger partial charge in [0.25, 0.3) is 5.91 Å². The van der Waals surface area contributed by atoms with Gasteiger partial charge in [-0.2, -0.15) is 0 Å². The van der Waals surface area contributed by atoms with Crippen molar-refractivity contribution in [2.24, 2.45) is 0 Å². The number of ether oxygens (including phenoxy) is 1. The summed E-state index contributed by atoms with van der Waals surface area (Å²) >= 11 is 0. The Morgan fingerprint density at radius 2 is 1.75 bits per heavy atom. The van der Waals surface area contributed by atoms with Crippen molar-refractivity contribution in [2.75, 3.05) is 5.32 Å². The van der Waals surface area contributed by atoms with E-state index in [4.69, 9.17) is 9.15 Å². The number of hydrogen-bond acceptors (Lipinski definition) is 4. The molecule has 4 rings (SSSR count). The fraction of sp³-hybridized carbons (Fsp3) is 0.0909. The third kappa shape index (κ3) is 3.86. The van der Waals surface area contributed by atoms with Gasteiger partial charge < -0.3 is 14.5 Å². The number of carbonyl (C=O) groups is 1. The van der Waals surface area contributed by atoms with Gasteiger partial charge in [0.15, 0.2) is 11.7 Å². The van der Waals surface area contributed by atoms with Crippen LogP contribution in [0.25, 0.3) is 22.6 Å². The number of halogens is 1. The van der Waals surface area contributed by atoms with Crippen LogP contribution in [0.3, 0.4) is 0 Å². The van der Waals surface area contributed by atoms with Gasteiger partial charge in [0, 0.05) is 11.3 Å². The van der Waals surface area contributed by atoms with Crippen molar-refractivity contribution in [1.82, 2.24) is 4.98 Å². The molecule has 0 saturated heterocycles. The number of para-hydroxylation sites is 2. The standard InChI is InChI=1S/C22H17FN2O3/c1-14(27-18-12-8-16(23)9-13-18)21(26)24-17-10-6-15(7-11-17)22-25-19-4-2-3-5-20(19)28-22/h2-14H,1H3,(H,24,26)/t14-/m1/s1.